The lowest BCUT2D eigenvalue weighted by molar-refractivity contribution is -0.0915. The molecule has 2 atom stereocenters. The predicted octanol–water partition coefficient (Wildman–Crippen LogP) is 0.987. The number of fused-ring (bicyclic) bond motifs is 1. The van der Waals surface area contributed by atoms with E-state index in [-0.39, 0.29) is 18.1 Å². The molecule has 0 radical (unpaired) electrons. The van der Waals surface area contributed by atoms with Crippen molar-refractivity contribution in [2.24, 2.45) is 0 Å². The smallest absolute Gasteiger partial charge is 0.274 e. The van der Waals surface area contributed by atoms with Gasteiger partial charge in [0.2, 0.25) is 0 Å². The Morgan fingerprint density at radius 2 is 2.12 bits per heavy atom. The number of carbonyl (C=O) groups is 1. The van der Waals surface area contributed by atoms with Crippen LogP contribution in [0, 0.1) is 0 Å². The molecule has 130 valence electrons. The molecule has 2 aromatic rings. The molecular weight excluding hydrogens is 318 g/mol. The molecule has 1 amide bonds. The van der Waals surface area contributed by atoms with Crippen LogP contribution in [-0.2, 0) is 11.3 Å². The van der Waals surface area contributed by atoms with Crippen molar-refractivity contribution >= 4 is 5.91 Å². The number of rotatable bonds is 3. The van der Waals surface area contributed by atoms with Crippen molar-refractivity contribution < 1.29 is 9.53 Å². The molecule has 2 saturated heterocycles. The number of aromatic nitrogens is 3. The fourth-order valence-corrected chi connectivity index (χ4v) is 3.64. The van der Waals surface area contributed by atoms with Gasteiger partial charge in [-0.25, -0.2) is 4.98 Å². The van der Waals surface area contributed by atoms with Crippen molar-refractivity contribution in [1.29, 1.82) is 0 Å². The van der Waals surface area contributed by atoms with Crippen molar-refractivity contribution in [1.82, 2.24) is 24.8 Å². The number of piperidine rings is 1. The lowest BCUT2D eigenvalue weighted by Crippen LogP contribution is -2.61. The molecule has 0 saturated carbocycles. The third-order valence-corrected chi connectivity index (χ3v) is 4.84. The maximum atomic E-state index is 12.9. The second-order valence-corrected chi connectivity index (χ2v) is 6.45. The number of hydrogen-bond acceptors (Lipinski definition) is 6. The zero-order valence-corrected chi connectivity index (χ0v) is 14.0. The molecule has 2 aliphatic heterocycles. The van der Waals surface area contributed by atoms with Gasteiger partial charge in [0.1, 0.15) is 5.69 Å². The van der Waals surface area contributed by atoms with Gasteiger partial charge in [-0.1, -0.05) is 6.07 Å². The van der Waals surface area contributed by atoms with Crippen molar-refractivity contribution in [2.45, 2.75) is 25.1 Å². The van der Waals surface area contributed by atoms with Gasteiger partial charge >= 0.3 is 0 Å². The number of pyridine rings is 1. The van der Waals surface area contributed by atoms with Gasteiger partial charge in [-0.2, -0.15) is 0 Å². The Balaban J connectivity index is 1.49. The molecule has 2 aliphatic rings. The first-order chi connectivity index (χ1) is 12.3. The number of nitrogens with zero attached hydrogens (tertiary/aromatic N) is 5. The highest BCUT2D eigenvalue weighted by Gasteiger charge is 2.39. The van der Waals surface area contributed by atoms with E-state index in [2.05, 4.69) is 25.9 Å². The minimum Gasteiger partial charge on any atom is -0.374 e. The van der Waals surface area contributed by atoms with E-state index in [1.54, 1.807) is 18.6 Å². The molecular formula is C18H21N5O2. The summed E-state index contributed by atoms with van der Waals surface area (Å²) in [6.45, 7) is 3.77. The van der Waals surface area contributed by atoms with E-state index in [9.17, 15) is 4.79 Å². The number of carbonyl (C=O) groups excluding carboxylic acids is 1. The summed E-state index contributed by atoms with van der Waals surface area (Å²) < 4.78 is 5.93. The van der Waals surface area contributed by atoms with Crippen LogP contribution in [0.4, 0.5) is 0 Å². The SMILES string of the molecule is O=C(c1cnccn1)N1CCO[C@@H]2CCN(Cc3cccnc3)C[C@H]21. The monoisotopic (exact) mass is 339 g/mol. The summed E-state index contributed by atoms with van der Waals surface area (Å²) in [5.41, 5.74) is 1.58. The molecule has 25 heavy (non-hydrogen) atoms. The van der Waals surface area contributed by atoms with E-state index >= 15 is 0 Å². The van der Waals surface area contributed by atoms with Crippen molar-refractivity contribution in [2.75, 3.05) is 26.2 Å². The fourth-order valence-electron chi connectivity index (χ4n) is 3.64. The standard InChI is InChI=1S/C18H21N5O2/c24-18(15-11-20-5-6-21-15)23-8-9-25-17-3-7-22(13-16(17)23)12-14-2-1-4-19-10-14/h1-2,4-6,10-11,16-17H,3,7-9,12-13H2/t16-,17-/m1/s1. The highest BCUT2D eigenvalue weighted by molar-refractivity contribution is 5.92. The van der Waals surface area contributed by atoms with Crippen LogP contribution in [0.2, 0.25) is 0 Å². The summed E-state index contributed by atoms with van der Waals surface area (Å²) in [7, 11) is 0. The van der Waals surface area contributed by atoms with Crippen LogP contribution in [0.15, 0.2) is 43.1 Å². The highest BCUT2D eigenvalue weighted by Crippen LogP contribution is 2.25. The van der Waals surface area contributed by atoms with Crippen LogP contribution in [-0.4, -0.2) is 69.0 Å². The van der Waals surface area contributed by atoms with E-state index < -0.39 is 0 Å². The van der Waals surface area contributed by atoms with E-state index in [1.807, 2.05) is 17.2 Å². The minimum atomic E-state index is -0.0605. The molecule has 7 nitrogen and oxygen atoms in total. The van der Waals surface area contributed by atoms with Gasteiger partial charge in [0.15, 0.2) is 0 Å². The fraction of sp³-hybridized carbons (Fsp3) is 0.444. The summed E-state index contributed by atoms with van der Waals surface area (Å²) in [5, 5.41) is 0. The normalized spacial score (nSPS) is 23.9. The average Bonchev–Trinajstić information content (AvgIpc) is 2.68. The van der Waals surface area contributed by atoms with Gasteiger partial charge in [-0.15, -0.1) is 0 Å². The minimum absolute atomic E-state index is 0.0497. The van der Waals surface area contributed by atoms with Crippen LogP contribution in [0.5, 0.6) is 0 Å². The van der Waals surface area contributed by atoms with Gasteiger partial charge < -0.3 is 9.64 Å². The maximum Gasteiger partial charge on any atom is 0.274 e. The average molecular weight is 339 g/mol. The van der Waals surface area contributed by atoms with Crippen LogP contribution < -0.4 is 0 Å². The molecule has 2 fully saturated rings. The van der Waals surface area contributed by atoms with E-state index in [1.165, 1.54) is 11.8 Å². The Labute approximate surface area is 146 Å². The second-order valence-electron chi connectivity index (χ2n) is 6.45. The molecule has 0 unspecified atom stereocenters. The Morgan fingerprint density at radius 3 is 2.92 bits per heavy atom. The molecule has 2 aromatic heterocycles. The van der Waals surface area contributed by atoms with Gasteiger partial charge in [-0.3, -0.25) is 19.7 Å². The van der Waals surface area contributed by atoms with Crippen LogP contribution >= 0.6 is 0 Å². The third-order valence-electron chi connectivity index (χ3n) is 4.84. The van der Waals surface area contributed by atoms with Crippen LogP contribution in [0.3, 0.4) is 0 Å². The lowest BCUT2D eigenvalue weighted by Gasteiger charge is -2.46. The number of ether oxygens (including phenoxy) is 1. The van der Waals surface area contributed by atoms with Gasteiger partial charge in [0, 0.05) is 51.0 Å². The third kappa shape index (κ3) is 3.52. The molecule has 4 rings (SSSR count). The lowest BCUT2D eigenvalue weighted by atomic mass is 9.98. The summed E-state index contributed by atoms with van der Waals surface area (Å²) in [4.78, 5) is 29.5. The molecule has 0 aliphatic carbocycles. The summed E-state index contributed by atoms with van der Waals surface area (Å²) in [6, 6.07) is 4.09. The molecule has 0 bridgehead atoms. The van der Waals surface area contributed by atoms with Gasteiger partial charge in [0.05, 0.1) is 24.9 Å². The summed E-state index contributed by atoms with van der Waals surface area (Å²) in [6.07, 6.45) is 9.37. The zero-order chi connectivity index (χ0) is 17.1. The van der Waals surface area contributed by atoms with E-state index in [0.29, 0.717) is 18.8 Å². The Hall–Kier alpha value is -2.38. The quantitative estimate of drug-likeness (QED) is 0.830. The molecule has 0 spiro atoms. The zero-order valence-electron chi connectivity index (χ0n) is 14.0. The number of morpholine rings is 1. The number of hydrogen-bond donors (Lipinski definition) is 0. The second kappa shape index (κ2) is 7.25. The first-order valence-electron chi connectivity index (χ1n) is 8.61. The predicted molar refractivity (Wildman–Crippen MR) is 90.7 cm³/mol. The Bertz CT molecular complexity index is 712. The Morgan fingerprint density at radius 1 is 1.20 bits per heavy atom. The number of amides is 1. The van der Waals surface area contributed by atoms with Crippen molar-refractivity contribution in [3.05, 3.63) is 54.4 Å². The van der Waals surface area contributed by atoms with Gasteiger partial charge in [-0.05, 0) is 18.1 Å². The first kappa shape index (κ1) is 16.1. The maximum absolute atomic E-state index is 12.9. The summed E-state index contributed by atoms with van der Waals surface area (Å²) in [5.74, 6) is -0.0605. The topological polar surface area (TPSA) is 71.5 Å². The van der Waals surface area contributed by atoms with Crippen molar-refractivity contribution in [3.8, 4) is 0 Å². The van der Waals surface area contributed by atoms with E-state index in [4.69, 9.17) is 4.74 Å². The van der Waals surface area contributed by atoms with Gasteiger partial charge in [0.25, 0.3) is 5.91 Å². The van der Waals surface area contributed by atoms with Crippen LogP contribution in [0.1, 0.15) is 22.5 Å². The molecule has 7 heteroatoms. The van der Waals surface area contributed by atoms with E-state index in [0.717, 1.165) is 26.1 Å². The Kier molecular flexibility index (Phi) is 4.67. The summed E-state index contributed by atoms with van der Waals surface area (Å²) >= 11 is 0. The highest BCUT2D eigenvalue weighted by atomic mass is 16.5. The molecule has 0 N–H and O–H groups in total. The first-order valence-corrected chi connectivity index (χ1v) is 8.61. The number of likely N-dealkylation sites (tertiary alicyclic amines) is 1. The largest absolute Gasteiger partial charge is 0.374 e. The molecule has 4 heterocycles. The molecule has 0 aromatic carbocycles. The van der Waals surface area contributed by atoms with Crippen molar-refractivity contribution in [3.63, 3.8) is 0 Å². The van der Waals surface area contributed by atoms with Crippen LogP contribution in [0.25, 0.3) is 0 Å².